The average Bonchev–Trinajstić information content (AvgIpc) is 3.26. The van der Waals surface area contributed by atoms with Gasteiger partial charge in [-0.2, -0.15) is 0 Å². The van der Waals surface area contributed by atoms with Crippen molar-refractivity contribution in [1.82, 2.24) is 15.1 Å². The molecule has 4 rings (SSSR count). The van der Waals surface area contributed by atoms with Crippen LogP contribution >= 0.6 is 11.3 Å². The second-order valence-corrected chi connectivity index (χ2v) is 7.81. The Labute approximate surface area is 150 Å². The first-order chi connectivity index (χ1) is 12.2. The molecule has 1 atom stereocenters. The Morgan fingerprint density at radius 1 is 1.24 bits per heavy atom. The maximum Gasteiger partial charge on any atom is 0.257 e. The van der Waals surface area contributed by atoms with E-state index >= 15 is 0 Å². The van der Waals surface area contributed by atoms with E-state index in [1.54, 1.807) is 17.4 Å². The highest BCUT2D eigenvalue weighted by Gasteiger charge is 2.26. The summed E-state index contributed by atoms with van der Waals surface area (Å²) in [5, 5.41) is 8.49. The van der Waals surface area contributed by atoms with Gasteiger partial charge in [-0.3, -0.25) is 4.90 Å². The molecule has 4 nitrogen and oxygen atoms in total. The van der Waals surface area contributed by atoms with Crippen LogP contribution < -0.4 is 0 Å². The molecule has 130 valence electrons. The van der Waals surface area contributed by atoms with Gasteiger partial charge < -0.3 is 4.42 Å². The number of aryl methyl sites for hydroxylation is 1. The first-order valence-electron chi connectivity index (χ1n) is 8.55. The summed E-state index contributed by atoms with van der Waals surface area (Å²) >= 11 is 1.66. The second-order valence-electron chi connectivity index (χ2n) is 6.52. The van der Waals surface area contributed by atoms with Crippen LogP contribution in [0.2, 0.25) is 0 Å². The minimum Gasteiger partial charge on any atom is -0.420 e. The summed E-state index contributed by atoms with van der Waals surface area (Å²) in [6.45, 7) is 4.47. The molecule has 6 heteroatoms. The van der Waals surface area contributed by atoms with Gasteiger partial charge in [0.2, 0.25) is 5.89 Å². The van der Waals surface area contributed by atoms with Gasteiger partial charge in [-0.1, -0.05) is 18.2 Å². The topological polar surface area (TPSA) is 42.2 Å². The molecule has 0 spiro atoms. The van der Waals surface area contributed by atoms with Gasteiger partial charge >= 0.3 is 0 Å². The Morgan fingerprint density at radius 2 is 2.12 bits per heavy atom. The molecule has 2 aromatic heterocycles. The molecule has 1 aliphatic heterocycles. The van der Waals surface area contributed by atoms with Gasteiger partial charge in [0.05, 0.1) is 10.8 Å². The van der Waals surface area contributed by atoms with Crippen molar-refractivity contribution >= 4 is 11.3 Å². The predicted molar refractivity (Wildman–Crippen MR) is 96.0 cm³/mol. The van der Waals surface area contributed by atoms with E-state index in [0.29, 0.717) is 18.3 Å². The third-order valence-electron chi connectivity index (χ3n) is 4.60. The van der Waals surface area contributed by atoms with Crippen LogP contribution in [0.4, 0.5) is 4.39 Å². The summed E-state index contributed by atoms with van der Waals surface area (Å²) in [6.07, 6.45) is 2.08. The highest BCUT2D eigenvalue weighted by atomic mass is 32.1. The second kappa shape index (κ2) is 7.06. The summed E-state index contributed by atoms with van der Waals surface area (Å²) < 4.78 is 19.8. The molecular weight excluding hydrogens is 337 g/mol. The molecule has 1 saturated heterocycles. The van der Waals surface area contributed by atoms with Crippen LogP contribution in [0, 0.1) is 12.7 Å². The number of piperidine rings is 1. The number of likely N-dealkylation sites (tertiary alicyclic amines) is 1. The van der Waals surface area contributed by atoms with Crippen molar-refractivity contribution in [1.29, 1.82) is 0 Å². The Bertz CT molecular complexity index is 860. The monoisotopic (exact) mass is 357 g/mol. The fraction of sp³-hybridized carbons (Fsp3) is 0.368. The molecule has 3 heterocycles. The summed E-state index contributed by atoms with van der Waals surface area (Å²) in [5.41, 5.74) is 0.739. The number of hydrogen-bond acceptors (Lipinski definition) is 5. The summed E-state index contributed by atoms with van der Waals surface area (Å²) in [4.78, 5) is 4.50. The van der Waals surface area contributed by atoms with Gasteiger partial charge in [-0.15, -0.1) is 21.5 Å². The summed E-state index contributed by atoms with van der Waals surface area (Å²) in [6, 6.07) is 11.0. The van der Waals surface area contributed by atoms with Crippen molar-refractivity contribution in [3.63, 3.8) is 0 Å². The fourth-order valence-corrected chi connectivity index (χ4v) is 4.11. The van der Waals surface area contributed by atoms with Crippen LogP contribution in [0.5, 0.6) is 0 Å². The van der Waals surface area contributed by atoms with Crippen molar-refractivity contribution in [2.24, 2.45) is 0 Å². The number of thiophene rings is 1. The molecule has 0 radical (unpaired) electrons. The quantitative estimate of drug-likeness (QED) is 0.683. The van der Waals surface area contributed by atoms with E-state index < -0.39 is 0 Å². The molecule has 0 bridgehead atoms. The molecule has 0 amide bonds. The smallest absolute Gasteiger partial charge is 0.257 e. The summed E-state index contributed by atoms with van der Waals surface area (Å²) in [5.74, 6) is 1.36. The normalized spacial score (nSPS) is 18.6. The first kappa shape index (κ1) is 16.4. The zero-order chi connectivity index (χ0) is 17.2. The number of halogens is 1. The zero-order valence-corrected chi connectivity index (χ0v) is 14.9. The molecule has 1 fully saturated rings. The standard InChI is InChI=1S/C19H20FN3OS/c1-13-8-9-17(25-13)19-22-21-18(24-19)15-6-4-10-23(12-15)11-14-5-2-3-7-16(14)20/h2-3,5,7-9,15H,4,6,10-12H2,1H3/t15-/m0/s1. The predicted octanol–water partition coefficient (Wildman–Crippen LogP) is 4.63. The van der Waals surface area contributed by atoms with Gasteiger partial charge in [0.15, 0.2) is 0 Å². The van der Waals surface area contributed by atoms with Crippen LogP contribution in [0.3, 0.4) is 0 Å². The maximum atomic E-state index is 13.9. The number of rotatable bonds is 4. The fourth-order valence-electron chi connectivity index (χ4n) is 3.32. The largest absolute Gasteiger partial charge is 0.420 e. The van der Waals surface area contributed by atoms with Gasteiger partial charge in [0.25, 0.3) is 5.89 Å². The molecule has 25 heavy (non-hydrogen) atoms. The lowest BCUT2D eigenvalue weighted by Gasteiger charge is -2.31. The Kier molecular flexibility index (Phi) is 4.63. The van der Waals surface area contributed by atoms with Gasteiger partial charge in [0.1, 0.15) is 5.82 Å². The maximum absolute atomic E-state index is 13.9. The van der Waals surface area contributed by atoms with Crippen molar-refractivity contribution in [2.75, 3.05) is 13.1 Å². The van der Waals surface area contributed by atoms with E-state index in [4.69, 9.17) is 4.42 Å². The first-order valence-corrected chi connectivity index (χ1v) is 9.36. The van der Waals surface area contributed by atoms with E-state index in [2.05, 4.69) is 28.1 Å². The Hall–Kier alpha value is -2.05. The number of aromatic nitrogens is 2. The molecule has 0 unspecified atom stereocenters. The zero-order valence-electron chi connectivity index (χ0n) is 14.1. The lowest BCUT2D eigenvalue weighted by molar-refractivity contribution is 0.184. The minimum atomic E-state index is -0.141. The van der Waals surface area contributed by atoms with Crippen LogP contribution in [0.15, 0.2) is 40.8 Å². The van der Waals surface area contributed by atoms with Crippen molar-refractivity contribution in [2.45, 2.75) is 32.2 Å². The SMILES string of the molecule is Cc1ccc(-c2nnc([C@H]3CCCN(Cc4ccccc4F)C3)o2)s1. The van der Waals surface area contributed by atoms with Crippen LogP contribution in [-0.2, 0) is 6.54 Å². The van der Waals surface area contributed by atoms with Gasteiger partial charge in [-0.05, 0) is 44.5 Å². The minimum absolute atomic E-state index is 0.141. The molecule has 0 N–H and O–H groups in total. The van der Waals surface area contributed by atoms with Crippen molar-refractivity contribution in [3.8, 4) is 10.8 Å². The molecule has 0 saturated carbocycles. The molecule has 1 aromatic carbocycles. The number of benzene rings is 1. The molecule has 0 aliphatic carbocycles. The van der Waals surface area contributed by atoms with Gasteiger partial charge in [-0.25, -0.2) is 4.39 Å². The van der Waals surface area contributed by atoms with E-state index in [1.807, 2.05) is 18.2 Å². The van der Waals surface area contributed by atoms with Crippen LogP contribution in [0.1, 0.15) is 35.1 Å². The molecular formula is C19H20FN3OS. The van der Waals surface area contributed by atoms with Gasteiger partial charge in [0, 0.05) is 23.5 Å². The number of hydrogen-bond donors (Lipinski definition) is 0. The van der Waals surface area contributed by atoms with E-state index in [9.17, 15) is 4.39 Å². The number of nitrogens with zero attached hydrogens (tertiary/aromatic N) is 3. The third-order valence-corrected chi connectivity index (χ3v) is 5.59. The molecule has 3 aromatic rings. The van der Waals surface area contributed by atoms with Crippen LogP contribution in [-0.4, -0.2) is 28.2 Å². The van der Waals surface area contributed by atoms with E-state index in [-0.39, 0.29) is 11.7 Å². The Balaban J connectivity index is 1.46. The van der Waals surface area contributed by atoms with Crippen molar-refractivity contribution < 1.29 is 8.81 Å². The van der Waals surface area contributed by atoms with Crippen LogP contribution in [0.25, 0.3) is 10.8 Å². The lowest BCUT2D eigenvalue weighted by atomic mass is 9.97. The average molecular weight is 357 g/mol. The van der Waals surface area contributed by atoms with Crippen molar-refractivity contribution in [3.05, 3.63) is 58.5 Å². The highest BCUT2D eigenvalue weighted by molar-refractivity contribution is 7.15. The Morgan fingerprint density at radius 3 is 2.92 bits per heavy atom. The molecule has 1 aliphatic rings. The highest BCUT2D eigenvalue weighted by Crippen LogP contribution is 2.31. The third kappa shape index (κ3) is 3.65. The lowest BCUT2D eigenvalue weighted by Crippen LogP contribution is -2.34. The van der Waals surface area contributed by atoms with E-state index in [0.717, 1.165) is 36.4 Å². The summed E-state index contributed by atoms with van der Waals surface area (Å²) in [7, 11) is 0. The van der Waals surface area contributed by atoms with E-state index in [1.165, 1.54) is 10.9 Å².